The molecule has 1 aromatic rings. The molecule has 6 heteroatoms. The van der Waals surface area contributed by atoms with Crippen LogP contribution < -0.4 is 0 Å². The van der Waals surface area contributed by atoms with Crippen LogP contribution in [0.1, 0.15) is 105 Å². The van der Waals surface area contributed by atoms with Crippen molar-refractivity contribution in [3.05, 3.63) is 75.9 Å². The Morgan fingerprint density at radius 2 is 1.47 bits per heavy atom. The van der Waals surface area contributed by atoms with Gasteiger partial charge in [-0.05, 0) is 61.2 Å². The van der Waals surface area contributed by atoms with Gasteiger partial charge in [-0.15, -0.1) is 48.9 Å². The fraction of sp³-hybridized carbons (Fsp3) is 0.649. The summed E-state index contributed by atoms with van der Waals surface area (Å²) < 4.78 is 0. The summed E-state index contributed by atoms with van der Waals surface area (Å²) in [4.78, 5) is 0. The van der Waals surface area contributed by atoms with E-state index in [1.54, 1.807) is 5.57 Å². The van der Waals surface area contributed by atoms with Crippen molar-refractivity contribution >= 4 is 17.4 Å². The molecule has 1 saturated carbocycles. The zero-order chi connectivity index (χ0) is 31.1. The molecule has 2 heterocycles. The van der Waals surface area contributed by atoms with Crippen LogP contribution >= 0.6 is 12.2 Å². The number of aryl methyl sites for hydroxylation is 1. The zero-order valence-electron chi connectivity index (χ0n) is 27.5. The molecule has 3 aliphatic rings. The van der Waals surface area contributed by atoms with Gasteiger partial charge in [-0.3, -0.25) is 5.92 Å². The van der Waals surface area contributed by atoms with Gasteiger partial charge in [-0.25, -0.2) is 0 Å². The second kappa shape index (κ2) is 22.5. The van der Waals surface area contributed by atoms with Gasteiger partial charge < -0.3 is 34.8 Å². The van der Waals surface area contributed by atoms with Gasteiger partial charge in [0.05, 0.1) is 0 Å². The van der Waals surface area contributed by atoms with Crippen LogP contribution in [0.5, 0.6) is 0 Å². The Balaban J connectivity index is 0. The number of nitrogens with zero attached hydrogens (tertiary/aromatic N) is 3. The first-order valence-electron chi connectivity index (χ1n) is 15.2. The van der Waals surface area contributed by atoms with E-state index in [2.05, 4.69) is 78.6 Å². The van der Waals surface area contributed by atoms with Gasteiger partial charge in [0.1, 0.15) is 0 Å². The second-order valence-corrected chi connectivity index (χ2v) is 14.0. The molecule has 0 spiro atoms. The van der Waals surface area contributed by atoms with Crippen LogP contribution in [-0.4, -0.2) is 30.3 Å². The molecule has 3 unspecified atom stereocenters. The predicted octanol–water partition coefficient (Wildman–Crippen LogP) is 10.3. The van der Waals surface area contributed by atoms with Crippen LogP contribution in [0.4, 0.5) is 0 Å². The molecule has 1 radical (unpaired) electrons. The summed E-state index contributed by atoms with van der Waals surface area (Å²) in [6, 6.07) is 8.45. The summed E-state index contributed by atoms with van der Waals surface area (Å²) in [5.74, 6) is 7.05. The Morgan fingerprint density at radius 3 is 1.93 bits per heavy atom. The summed E-state index contributed by atoms with van der Waals surface area (Å²) in [6.45, 7) is 20.4. The minimum Gasteiger partial charge on any atom is -0.753 e. The first-order chi connectivity index (χ1) is 19.2. The van der Waals surface area contributed by atoms with Crippen LogP contribution in [-0.2, 0) is 38.1 Å². The largest absolute Gasteiger partial charge is 2.00 e. The fourth-order valence-corrected chi connectivity index (χ4v) is 5.49. The Bertz CT molecular complexity index is 1040. The number of hydrogen-bond donors (Lipinski definition) is 0. The molecule has 3 nitrogen and oxygen atoms in total. The normalized spacial score (nSPS) is 24.7. The maximum Gasteiger partial charge on any atom is 2.00 e. The summed E-state index contributed by atoms with van der Waals surface area (Å²) in [7, 11) is 0. The van der Waals surface area contributed by atoms with Crippen molar-refractivity contribution < 1.29 is 38.1 Å². The van der Waals surface area contributed by atoms with Gasteiger partial charge in [0.15, 0.2) is 0 Å². The van der Waals surface area contributed by atoms with Crippen LogP contribution in [0.25, 0.3) is 16.0 Å². The summed E-state index contributed by atoms with van der Waals surface area (Å²) in [6.07, 6.45) is 24.7. The summed E-state index contributed by atoms with van der Waals surface area (Å²) >= 11 is 3.70. The molecule has 0 amide bonds. The molecule has 43 heavy (non-hydrogen) atoms. The molecule has 0 N–H and O–H groups in total. The second-order valence-electron chi connectivity index (χ2n) is 13.8. The van der Waals surface area contributed by atoms with Gasteiger partial charge in [-0.1, -0.05) is 103 Å². The number of benzene rings is 1. The molecule has 1 aliphatic carbocycles. The average molecular weight is 830 g/mol. The van der Waals surface area contributed by atoms with Gasteiger partial charge in [-0.2, -0.15) is 5.16 Å². The van der Waals surface area contributed by atoms with Crippen molar-refractivity contribution in [2.45, 2.75) is 112 Å². The number of thiocarbonyl (C=S) groups is 1. The SMILES string of the molecule is CC(C)(C)C1=CC(C2CC(C(C)(C)C)CC[N-]2)[N-]CC1.[C-]#CC1CCC(C)CC1.[C-]#Cc1ccc(C)cc1.[Cu].[N-]=C=S.[Pt+2]. The van der Waals surface area contributed by atoms with E-state index in [1.165, 1.54) is 49.2 Å². The number of isothiocyanates is 1. The number of rotatable bonds is 1. The molecule has 245 valence electrons. The molecule has 4 rings (SSSR count). The maximum absolute atomic E-state index is 7.13. The Morgan fingerprint density at radius 1 is 0.907 bits per heavy atom. The number of piperidine rings is 1. The molecular weight excluding hydrogens is 777 g/mol. The molecule has 3 atom stereocenters. The average Bonchev–Trinajstić information content (AvgIpc) is 2.94. The van der Waals surface area contributed by atoms with Crippen molar-refractivity contribution in [1.29, 1.82) is 0 Å². The van der Waals surface area contributed by atoms with Crippen molar-refractivity contribution in [3.8, 4) is 11.8 Å². The predicted molar refractivity (Wildman–Crippen MR) is 180 cm³/mol. The molecule has 2 aliphatic heterocycles. The third-order valence-electron chi connectivity index (χ3n) is 8.46. The van der Waals surface area contributed by atoms with E-state index < -0.39 is 0 Å². The first-order valence-corrected chi connectivity index (χ1v) is 15.6. The Labute approximate surface area is 295 Å². The summed E-state index contributed by atoms with van der Waals surface area (Å²) in [5, 5.41) is 18.2. The molecular formula is C37H52CuN3PtS-3. The quantitative estimate of drug-likeness (QED) is 0.0695. The van der Waals surface area contributed by atoms with E-state index >= 15 is 0 Å². The van der Waals surface area contributed by atoms with Crippen LogP contribution in [0.15, 0.2) is 35.9 Å². The van der Waals surface area contributed by atoms with Gasteiger partial charge in [0.2, 0.25) is 0 Å². The van der Waals surface area contributed by atoms with E-state index in [9.17, 15) is 0 Å². The minimum atomic E-state index is 0. The van der Waals surface area contributed by atoms with Gasteiger partial charge >= 0.3 is 21.1 Å². The van der Waals surface area contributed by atoms with Crippen molar-refractivity contribution in [1.82, 2.24) is 0 Å². The van der Waals surface area contributed by atoms with Crippen LogP contribution in [0.3, 0.4) is 0 Å². The van der Waals surface area contributed by atoms with Gasteiger partial charge in [0, 0.05) is 17.1 Å². The molecule has 1 aromatic carbocycles. The monoisotopic (exact) mass is 828 g/mol. The maximum atomic E-state index is 7.13. The van der Waals surface area contributed by atoms with Crippen molar-refractivity contribution in [3.63, 3.8) is 0 Å². The Kier molecular flexibility index (Phi) is 23.1. The van der Waals surface area contributed by atoms with E-state index in [1.807, 2.05) is 31.2 Å². The first kappa shape index (κ1) is 44.1. The molecule has 1 saturated heterocycles. The topological polar surface area (TPSA) is 50.5 Å². The van der Waals surface area contributed by atoms with E-state index in [-0.39, 0.29) is 43.5 Å². The van der Waals surface area contributed by atoms with Crippen molar-refractivity contribution in [2.24, 2.45) is 28.6 Å². The van der Waals surface area contributed by atoms with Crippen LogP contribution in [0, 0.1) is 60.2 Å². The molecule has 0 bridgehead atoms. The molecule has 2 fully saturated rings. The van der Waals surface area contributed by atoms with E-state index in [0.717, 1.165) is 36.9 Å². The molecule has 0 aromatic heterocycles. The van der Waals surface area contributed by atoms with Crippen molar-refractivity contribution in [2.75, 3.05) is 13.1 Å². The van der Waals surface area contributed by atoms with Gasteiger partial charge in [0.25, 0.3) is 0 Å². The minimum absolute atomic E-state index is 0. The zero-order valence-corrected chi connectivity index (χ0v) is 31.5. The van der Waals surface area contributed by atoms with Crippen LogP contribution in [0.2, 0.25) is 0 Å². The summed E-state index contributed by atoms with van der Waals surface area (Å²) in [5.41, 5.74) is 4.31. The fourth-order valence-electron chi connectivity index (χ4n) is 5.49. The third-order valence-corrected chi connectivity index (χ3v) is 8.46. The third kappa shape index (κ3) is 17.9. The standard InChI is InChI=1S/C18H32N2.C9H13.C9H7.CNS.Cu.Pt/c1-17(2,3)13-7-9-19-15(11-13)16-12-14(8-10-20-16)18(4,5)6;2*1-3-9-6-4-8(2)5-7-9;2-1-3;;/h11,14-16H,7-10,12H2,1-6H3;8-9H,4-7H2,2H3;4-7H,2H3;;;/q-2;3*-1;;+2. The Hall–Kier alpha value is -0.992. The number of hydrogen-bond acceptors (Lipinski definition) is 1. The van der Waals surface area contributed by atoms with E-state index in [4.69, 9.17) is 28.9 Å². The smallest absolute Gasteiger partial charge is 0.753 e. The van der Waals surface area contributed by atoms with E-state index in [0.29, 0.717) is 23.4 Å².